The molecule has 0 bridgehead atoms. The third-order valence-corrected chi connectivity index (χ3v) is 4.87. The third-order valence-electron chi connectivity index (χ3n) is 4.87. The standard InChI is InChI=1S/C16H32N2/c1-13(2)11-17-12-15-8-9-16(15)18-10-6-4-5-7-14(18)3/h13-17H,4-12H2,1-3H3. The largest absolute Gasteiger partial charge is 0.316 e. The third kappa shape index (κ3) is 3.71. The fourth-order valence-electron chi connectivity index (χ4n) is 3.57. The predicted octanol–water partition coefficient (Wildman–Crippen LogP) is 3.28. The van der Waals surface area contributed by atoms with Crippen LogP contribution in [0.25, 0.3) is 0 Å². The van der Waals surface area contributed by atoms with E-state index in [0.717, 1.165) is 23.9 Å². The summed E-state index contributed by atoms with van der Waals surface area (Å²) in [6.45, 7) is 10.8. The van der Waals surface area contributed by atoms with Gasteiger partial charge in [0.25, 0.3) is 0 Å². The Kier molecular flexibility index (Phi) is 5.50. The first-order valence-corrected chi connectivity index (χ1v) is 8.15. The predicted molar refractivity (Wildman–Crippen MR) is 78.9 cm³/mol. The van der Waals surface area contributed by atoms with Crippen molar-refractivity contribution in [3.63, 3.8) is 0 Å². The zero-order valence-corrected chi connectivity index (χ0v) is 12.6. The van der Waals surface area contributed by atoms with E-state index in [4.69, 9.17) is 0 Å². The van der Waals surface area contributed by atoms with Crippen LogP contribution in [-0.4, -0.2) is 36.6 Å². The van der Waals surface area contributed by atoms with Crippen LogP contribution in [0, 0.1) is 11.8 Å². The summed E-state index contributed by atoms with van der Waals surface area (Å²) < 4.78 is 0. The zero-order chi connectivity index (χ0) is 13.0. The van der Waals surface area contributed by atoms with Gasteiger partial charge < -0.3 is 5.32 Å². The molecular weight excluding hydrogens is 220 g/mol. The molecule has 106 valence electrons. The minimum atomic E-state index is 0.778. The Bertz CT molecular complexity index is 239. The average molecular weight is 252 g/mol. The van der Waals surface area contributed by atoms with Crippen LogP contribution in [0.3, 0.4) is 0 Å². The molecule has 0 amide bonds. The van der Waals surface area contributed by atoms with Gasteiger partial charge in [-0.25, -0.2) is 0 Å². The number of hydrogen-bond acceptors (Lipinski definition) is 2. The second-order valence-corrected chi connectivity index (χ2v) is 6.89. The second-order valence-electron chi connectivity index (χ2n) is 6.89. The number of likely N-dealkylation sites (tertiary alicyclic amines) is 1. The summed E-state index contributed by atoms with van der Waals surface area (Å²) in [7, 11) is 0. The van der Waals surface area contributed by atoms with E-state index >= 15 is 0 Å². The Morgan fingerprint density at radius 3 is 2.61 bits per heavy atom. The number of nitrogens with one attached hydrogen (secondary N) is 1. The Morgan fingerprint density at radius 1 is 1.11 bits per heavy atom. The van der Waals surface area contributed by atoms with Crippen LogP contribution < -0.4 is 5.32 Å². The van der Waals surface area contributed by atoms with Crippen molar-refractivity contribution in [2.75, 3.05) is 19.6 Å². The number of nitrogens with zero attached hydrogens (tertiary/aromatic N) is 1. The Labute approximate surface area is 114 Å². The summed E-state index contributed by atoms with van der Waals surface area (Å²) in [5, 5.41) is 3.66. The summed E-state index contributed by atoms with van der Waals surface area (Å²) >= 11 is 0. The lowest BCUT2D eigenvalue weighted by atomic mass is 9.77. The van der Waals surface area contributed by atoms with Crippen LogP contribution >= 0.6 is 0 Å². The lowest BCUT2D eigenvalue weighted by molar-refractivity contribution is 0.0345. The molecular formula is C16H32N2. The lowest BCUT2D eigenvalue weighted by Gasteiger charge is -2.47. The number of rotatable bonds is 5. The Balaban J connectivity index is 1.77. The average Bonchev–Trinajstić information content (AvgIpc) is 2.49. The quantitative estimate of drug-likeness (QED) is 0.808. The molecule has 18 heavy (non-hydrogen) atoms. The lowest BCUT2D eigenvalue weighted by Crippen LogP contribution is -2.53. The van der Waals surface area contributed by atoms with E-state index in [-0.39, 0.29) is 0 Å². The monoisotopic (exact) mass is 252 g/mol. The van der Waals surface area contributed by atoms with Crippen LogP contribution in [0.5, 0.6) is 0 Å². The van der Waals surface area contributed by atoms with E-state index in [1.165, 1.54) is 58.2 Å². The molecule has 3 atom stereocenters. The van der Waals surface area contributed by atoms with Crippen LogP contribution in [0.4, 0.5) is 0 Å². The van der Waals surface area contributed by atoms with Crippen molar-refractivity contribution in [1.29, 1.82) is 0 Å². The van der Waals surface area contributed by atoms with Gasteiger partial charge in [-0.2, -0.15) is 0 Å². The second kappa shape index (κ2) is 6.91. The van der Waals surface area contributed by atoms with Crippen LogP contribution in [0.1, 0.15) is 59.3 Å². The van der Waals surface area contributed by atoms with Gasteiger partial charge in [-0.05, 0) is 64.1 Å². The van der Waals surface area contributed by atoms with Crippen LogP contribution in [-0.2, 0) is 0 Å². The van der Waals surface area contributed by atoms with Gasteiger partial charge in [0, 0.05) is 12.1 Å². The molecule has 0 aromatic heterocycles. The highest BCUT2D eigenvalue weighted by molar-refractivity contribution is 4.92. The molecule has 3 unspecified atom stereocenters. The first-order chi connectivity index (χ1) is 8.68. The van der Waals surface area contributed by atoms with E-state index in [1.54, 1.807) is 0 Å². The molecule has 1 heterocycles. The summed E-state index contributed by atoms with van der Waals surface area (Å²) in [6, 6.07) is 1.71. The zero-order valence-electron chi connectivity index (χ0n) is 12.6. The maximum atomic E-state index is 3.66. The molecule has 2 rings (SSSR count). The van der Waals surface area contributed by atoms with Crippen LogP contribution in [0.2, 0.25) is 0 Å². The molecule has 2 aliphatic rings. The summed E-state index contributed by atoms with van der Waals surface area (Å²) in [5.74, 6) is 1.70. The molecule has 1 saturated heterocycles. The van der Waals surface area contributed by atoms with Crippen LogP contribution in [0.15, 0.2) is 0 Å². The maximum Gasteiger partial charge on any atom is 0.0139 e. The first-order valence-electron chi connectivity index (χ1n) is 8.15. The molecule has 1 aliphatic heterocycles. The fourth-order valence-corrected chi connectivity index (χ4v) is 3.57. The SMILES string of the molecule is CC(C)CNCC1CCC1N1CCCCCC1C. The highest BCUT2D eigenvalue weighted by atomic mass is 15.2. The molecule has 0 spiro atoms. The Hall–Kier alpha value is -0.0800. The minimum Gasteiger partial charge on any atom is -0.316 e. The first kappa shape index (κ1) is 14.3. The van der Waals surface area contributed by atoms with Gasteiger partial charge in [-0.1, -0.05) is 26.7 Å². The highest BCUT2D eigenvalue weighted by Crippen LogP contribution is 2.35. The van der Waals surface area contributed by atoms with Crippen molar-refractivity contribution in [3.8, 4) is 0 Å². The normalized spacial score (nSPS) is 34.3. The van der Waals surface area contributed by atoms with Gasteiger partial charge in [-0.15, -0.1) is 0 Å². The molecule has 2 nitrogen and oxygen atoms in total. The van der Waals surface area contributed by atoms with Crippen molar-refractivity contribution >= 4 is 0 Å². The van der Waals surface area contributed by atoms with Crippen molar-refractivity contribution in [1.82, 2.24) is 10.2 Å². The molecule has 1 N–H and O–H groups in total. The van der Waals surface area contributed by atoms with E-state index in [2.05, 4.69) is 31.0 Å². The highest BCUT2D eigenvalue weighted by Gasteiger charge is 2.37. The van der Waals surface area contributed by atoms with Crippen molar-refractivity contribution in [2.45, 2.75) is 71.4 Å². The van der Waals surface area contributed by atoms with Gasteiger partial charge in [0.2, 0.25) is 0 Å². The van der Waals surface area contributed by atoms with E-state index in [0.29, 0.717) is 0 Å². The van der Waals surface area contributed by atoms with Crippen molar-refractivity contribution < 1.29 is 0 Å². The van der Waals surface area contributed by atoms with Gasteiger partial charge in [-0.3, -0.25) is 4.90 Å². The number of hydrogen-bond donors (Lipinski definition) is 1. The smallest absolute Gasteiger partial charge is 0.0139 e. The molecule has 0 aromatic rings. The summed E-state index contributed by atoms with van der Waals surface area (Å²) in [5.41, 5.74) is 0. The minimum absolute atomic E-state index is 0.778. The molecule has 0 aromatic carbocycles. The molecule has 1 saturated carbocycles. The topological polar surface area (TPSA) is 15.3 Å². The maximum absolute atomic E-state index is 3.66. The van der Waals surface area contributed by atoms with Crippen molar-refractivity contribution in [3.05, 3.63) is 0 Å². The van der Waals surface area contributed by atoms with Gasteiger partial charge >= 0.3 is 0 Å². The molecule has 1 aliphatic carbocycles. The van der Waals surface area contributed by atoms with Gasteiger partial charge in [0.1, 0.15) is 0 Å². The molecule has 2 fully saturated rings. The summed E-state index contributed by atoms with van der Waals surface area (Å²) in [4.78, 5) is 2.83. The van der Waals surface area contributed by atoms with Crippen molar-refractivity contribution in [2.24, 2.45) is 11.8 Å². The van der Waals surface area contributed by atoms with E-state index in [9.17, 15) is 0 Å². The molecule has 0 radical (unpaired) electrons. The van der Waals surface area contributed by atoms with Gasteiger partial charge in [0.05, 0.1) is 0 Å². The van der Waals surface area contributed by atoms with E-state index in [1.807, 2.05) is 0 Å². The fraction of sp³-hybridized carbons (Fsp3) is 1.00. The summed E-state index contributed by atoms with van der Waals surface area (Å²) in [6.07, 6.45) is 8.62. The van der Waals surface area contributed by atoms with Gasteiger partial charge in [0.15, 0.2) is 0 Å². The molecule has 2 heteroatoms. The Morgan fingerprint density at radius 2 is 1.94 bits per heavy atom. The van der Waals surface area contributed by atoms with E-state index < -0.39 is 0 Å².